The molecule has 0 saturated carbocycles. The Morgan fingerprint density at radius 3 is 3.15 bits per heavy atom. The molecule has 0 radical (unpaired) electrons. The third-order valence-electron chi connectivity index (χ3n) is 4.28. The number of ether oxygens (including phenoxy) is 1. The van der Waals surface area contributed by atoms with Crippen molar-refractivity contribution in [2.24, 2.45) is 0 Å². The lowest BCUT2D eigenvalue weighted by Gasteiger charge is -2.44. The number of fused-ring (bicyclic) bond motifs is 3. The van der Waals surface area contributed by atoms with Crippen molar-refractivity contribution >= 4 is 17.7 Å². The fourth-order valence-corrected chi connectivity index (χ4v) is 3.76. The van der Waals surface area contributed by atoms with Gasteiger partial charge in [0.1, 0.15) is 6.10 Å². The lowest BCUT2D eigenvalue weighted by Crippen LogP contribution is -2.52. The third kappa shape index (κ3) is 2.47. The number of nitrogens with zero attached hydrogens (tertiary/aromatic N) is 1. The van der Waals surface area contributed by atoms with E-state index in [4.69, 9.17) is 4.74 Å². The molecule has 1 unspecified atom stereocenters. The Hall–Kier alpha value is -1.00. The van der Waals surface area contributed by atoms with Gasteiger partial charge in [-0.05, 0) is 37.1 Å². The van der Waals surface area contributed by atoms with Gasteiger partial charge in [-0.25, -0.2) is 0 Å². The van der Waals surface area contributed by atoms with Crippen molar-refractivity contribution in [2.45, 2.75) is 31.9 Å². The van der Waals surface area contributed by atoms with Crippen molar-refractivity contribution in [3.05, 3.63) is 34.9 Å². The molecule has 2 aliphatic rings. The first-order valence-corrected chi connectivity index (χ1v) is 8.59. The van der Waals surface area contributed by atoms with Crippen LogP contribution >= 0.6 is 11.8 Å². The zero-order chi connectivity index (χ0) is 14.1. The van der Waals surface area contributed by atoms with Crippen LogP contribution in [0.4, 0.5) is 0 Å². The van der Waals surface area contributed by atoms with E-state index < -0.39 is 0 Å². The van der Waals surface area contributed by atoms with Crippen LogP contribution in [0.5, 0.6) is 0 Å². The smallest absolute Gasteiger partial charge is 0.232 e. The minimum absolute atomic E-state index is 0.0678. The highest BCUT2D eigenvalue weighted by Gasteiger charge is 2.39. The molecule has 0 spiro atoms. The maximum Gasteiger partial charge on any atom is 0.232 e. The zero-order valence-electron chi connectivity index (χ0n) is 12.1. The number of hydrogen-bond acceptors (Lipinski definition) is 3. The summed E-state index contributed by atoms with van der Waals surface area (Å²) in [5.74, 6) is 0.830. The molecule has 3 rings (SSSR count). The van der Waals surface area contributed by atoms with Gasteiger partial charge in [0.25, 0.3) is 0 Å². The van der Waals surface area contributed by atoms with Crippen LogP contribution in [0.2, 0.25) is 0 Å². The van der Waals surface area contributed by atoms with E-state index in [1.54, 1.807) is 11.8 Å². The van der Waals surface area contributed by atoms with Crippen LogP contribution in [0.1, 0.15) is 29.2 Å². The van der Waals surface area contributed by atoms with Crippen LogP contribution in [0, 0.1) is 6.92 Å². The van der Waals surface area contributed by atoms with E-state index >= 15 is 0 Å². The SMILES string of the molecule is CSCC(=O)N1CCO[C@@H]2c3cc(C)ccc3CCC21. The van der Waals surface area contributed by atoms with Crippen molar-refractivity contribution in [2.75, 3.05) is 25.2 Å². The van der Waals surface area contributed by atoms with E-state index in [1.807, 2.05) is 6.26 Å². The number of carbonyl (C=O) groups excluding carboxylic acids is 1. The van der Waals surface area contributed by atoms with Crippen molar-refractivity contribution in [1.82, 2.24) is 4.90 Å². The van der Waals surface area contributed by atoms with Crippen molar-refractivity contribution < 1.29 is 9.53 Å². The van der Waals surface area contributed by atoms with Gasteiger partial charge in [-0.1, -0.05) is 23.8 Å². The summed E-state index contributed by atoms with van der Waals surface area (Å²) in [6.45, 7) is 3.50. The first-order chi connectivity index (χ1) is 9.70. The van der Waals surface area contributed by atoms with E-state index in [0.717, 1.165) is 19.4 Å². The molecule has 3 nitrogen and oxygen atoms in total. The molecule has 1 aromatic rings. The largest absolute Gasteiger partial charge is 0.370 e. The van der Waals surface area contributed by atoms with E-state index in [1.165, 1.54) is 16.7 Å². The van der Waals surface area contributed by atoms with Crippen LogP contribution in [-0.2, 0) is 16.0 Å². The molecule has 1 heterocycles. The molecular formula is C16H21NO2S. The van der Waals surface area contributed by atoms with Gasteiger partial charge in [-0.3, -0.25) is 4.79 Å². The third-order valence-corrected chi connectivity index (χ3v) is 4.82. The molecule has 20 heavy (non-hydrogen) atoms. The first kappa shape index (κ1) is 14.0. The van der Waals surface area contributed by atoms with E-state index in [0.29, 0.717) is 12.4 Å². The molecule has 1 aliphatic heterocycles. The average Bonchev–Trinajstić information content (AvgIpc) is 2.46. The van der Waals surface area contributed by atoms with Gasteiger partial charge < -0.3 is 9.64 Å². The highest BCUT2D eigenvalue weighted by Crippen LogP contribution is 2.38. The normalized spacial score (nSPS) is 25.0. The topological polar surface area (TPSA) is 29.5 Å². The van der Waals surface area contributed by atoms with E-state index in [9.17, 15) is 4.79 Å². The molecule has 0 bridgehead atoms. The number of morpholine rings is 1. The average molecular weight is 291 g/mol. The van der Waals surface area contributed by atoms with Gasteiger partial charge in [0.15, 0.2) is 0 Å². The van der Waals surface area contributed by atoms with Crippen molar-refractivity contribution in [3.8, 4) is 0 Å². The number of aryl methyl sites for hydroxylation is 2. The molecule has 1 aliphatic carbocycles. The van der Waals surface area contributed by atoms with Crippen LogP contribution in [-0.4, -0.2) is 42.0 Å². The maximum atomic E-state index is 12.3. The number of hydrogen-bond donors (Lipinski definition) is 0. The summed E-state index contributed by atoms with van der Waals surface area (Å²) in [7, 11) is 0. The van der Waals surface area contributed by atoms with Gasteiger partial charge in [0.05, 0.1) is 18.4 Å². The Balaban J connectivity index is 1.89. The lowest BCUT2D eigenvalue weighted by molar-refractivity contribution is -0.145. The predicted molar refractivity (Wildman–Crippen MR) is 82.1 cm³/mol. The molecule has 1 fully saturated rings. The minimum Gasteiger partial charge on any atom is -0.370 e. The fraction of sp³-hybridized carbons (Fsp3) is 0.562. The van der Waals surface area contributed by atoms with E-state index in [2.05, 4.69) is 30.0 Å². The van der Waals surface area contributed by atoms with Crippen LogP contribution in [0.25, 0.3) is 0 Å². The predicted octanol–water partition coefficient (Wildman–Crippen LogP) is 2.57. The molecule has 1 amide bonds. The Bertz CT molecular complexity index is 517. The highest BCUT2D eigenvalue weighted by atomic mass is 32.2. The summed E-state index contributed by atoms with van der Waals surface area (Å²) < 4.78 is 6.02. The second-order valence-electron chi connectivity index (χ2n) is 5.62. The summed E-state index contributed by atoms with van der Waals surface area (Å²) in [4.78, 5) is 14.3. The molecular weight excluding hydrogens is 270 g/mol. The molecule has 1 saturated heterocycles. The minimum atomic E-state index is 0.0678. The van der Waals surface area contributed by atoms with Crippen molar-refractivity contribution in [3.63, 3.8) is 0 Å². The molecule has 4 heteroatoms. The molecule has 0 aromatic heterocycles. The second kappa shape index (κ2) is 5.78. The van der Waals surface area contributed by atoms with Gasteiger partial charge in [-0.15, -0.1) is 0 Å². The Labute approximate surface area is 124 Å². The summed E-state index contributed by atoms with van der Waals surface area (Å²) in [6, 6.07) is 6.83. The van der Waals surface area contributed by atoms with Gasteiger partial charge >= 0.3 is 0 Å². The molecule has 0 N–H and O–H groups in total. The standard InChI is InChI=1S/C16H21NO2S/c1-11-3-4-12-5-6-14-16(13(12)9-11)19-8-7-17(14)15(18)10-20-2/h3-4,9,14,16H,5-8,10H2,1-2H3/t14?,16-/m1/s1. The molecule has 108 valence electrons. The number of rotatable bonds is 2. The van der Waals surface area contributed by atoms with Crippen LogP contribution in [0.15, 0.2) is 18.2 Å². The lowest BCUT2D eigenvalue weighted by atomic mass is 9.83. The number of carbonyl (C=O) groups is 1. The van der Waals surface area contributed by atoms with Gasteiger partial charge in [0.2, 0.25) is 5.91 Å². The summed E-state index contributed by atoms with van der Waals surface area (Å²) in [5, 5.41) is 0. The number of amides is 1. The van der Waals surface area contributed by atoms with Gasteiger partial charge in [-0.2, -0.15) is 11.8 Å². The Morgan fingerprint density at radius 2 is 2.35 bits per heavy atom. The van der Waals surface area contributed by atoms with Gasteiger partial charge in [0, 0.05) is 6.54 Å². The summed E-state index contributed by atoms with van der Waals surface area (Å²) >= 11 is 1.60. The van der Waals surface area contributed by atoms with E-state index in [-0.39, 0.29) is 18.1 Å². The quantitative estimate of drug-likeness (QED) is 0.839. The zero-order valence-corrected chi connectivity index (χ0v) is 12.9. The first-order valence-electron chi connectivity index (χ1n) is 7.20. The van der Waals surface area contributed by atoms with Crippen LogP contribution in [0.3, 0.4) is 0 Å². The summed E-state index contributed by atoms with van der Waals surface area (Å²) in [6.07, 6.45) is 4.11. The second-order valence-corrected chi connectivity index (χ2v) is 6.49. The van der Waals surface area contributed by atoms with Crippen molar-refractivity contribution in [1.29, 1.82) is 0 Å². The maximum absolute atomic E-state index is 12.3. The summed E-state index contributed by atoms with van der Waals surface area (Å²) in [5.41, 5.74) is 3.94. The Morgan fingerprint density at radius 1 is 1.50 bits per heavy atom. The molecule has 1 aromatic carbocycles. The number of benzene rings is 1. The highest BCUT2D eigenvalue weighted by molar-refractivity contribution is 7.99. The molecule has 2 atom stereocenters. The fourth-order valence-electron chi connectivity index (χ4n) is 3.35. The van der Waals surface area contributed by atoms with Crippen LogP contribution < -0.4 is 0 Å². The number of thioether (sulfide) groups is 1. The monoisotopic (exact) mass is 291 g/mol. The Kier molecular flexibility index (Phi) is 4.03.